The van der Waals surface area contributed by atoms with E-state index in [0.29, 0.717) is 11.1 Å². The van der Waals surface area contributed by atoms with Crippen molar-refractivity contribution in [1.82, 2.24) is 0 Å². The number of hydrogen-bond donors (Lipinski definition) is 0. The Kier molecular flexibility index (Phi) is 9.24. The summed E-state index contributed by atoms with van der Waals surface area (Å²) in [5.41, 5.74) is 0.973. The molecule has 0 saturated heterocycles. The number of carbonyl (C=O) groups excluding carboxylic acids is 1. The highest BCUT2D eigenvalue weighted by molar-refractivity contribution is 7.87. The third kappa shape index (κ3) is 9.92. The van der Waals surface area contributed by atoms with Crippen LogP contribution < -0.4 is 12.5 Å². The minimum Gasteiger partial charge on any atom is -0.382 e. The number of carbonyl (C=O) groups is 1. The molecule has 0 bridgehead atoms. The molecule has 0 aromatic heterocycles. The van der Waals surface area contributed by atoms with Crippen LogP contribution >= 0.6 is 0 Å². The molecule has 190 valence electrons. The van der Waals surface area contributed by atoms with Crippen LogP contribution in [0.15, 0.2) is 54.6 Å². The normalized spacial score (nSPS) is 12.7. The second-order valence-corrected chi connectivity index (χ2v) is 12.3. The Morgan fingerprint density at radius 1 is 0.714 bits per heavy atom. The Morgan fingerprint density at radius 3 is 1.77 bits per heavy atom. The zero-order valence-electron chi connectivity index (χ0n) is 19.1. The van der Waals surface area contributed by atoms with E-state index in [2.05, 4.69) is 0 Å². The molecule has 0 radical (unpaired) electrons. The summed E-state index contributed by atoms with van der Waals surface area (Å²) in [4.78, 5) is 12.2. The topological polar surface area (TPSA) is 147 Å². The van der Waals surface area contributed by atoms with E-state index in [0.717, 1.165) is 6.26 Å². The highest BCUT2D eigenvalue weighted by atomic mass is 32.2. The van der Waals surface area contributed by atoms with Crippen molar-refractivity contribution in [2.75, 3.05) is 17.8 Å². The summed E-state index contributed by atoms with van der Waals surface area (Å²) in [6, 6.07) is 9.93. The van der Waals surface area contributed by atoms with Gasteiger partial charge in [0.05, 0.1) is 17.8 Å². The molecule has 0 amide bonds. The number of rotatable bonds is 12. The molecule has 2 aromatic rings. The lowest BCUT2D eigenvalue weighted by atomic mass is 10.1. The quantitative estimate of drug-likeness (QED) is 0.288. The lowest BCUT2D eigenvalue weighted by Gasteiger charge is -2.11. The molecule has 35 heavy (non-hydrogen) atoms. The van der Waals surface area contributed by atoms with Crippen LogP contribution in [0.5, 0.6) is 17.2 Å². The van der Waals surface area contributed by atoms with Gasteiger partial charge in [-0.05, 0) is 61.4 Å². The Morgan fingerprint density at radius 2 is 1.23 bits per heavy atom. The molecule has 0 N–H and O–H groups in total. The van der Waals surface area contributed by atoms with Crippen LogP contribution in [0.3, 0.4) is 0 Å². The Hall–Kier alpha value is -3.16. The molecule has 0 aliphatic heterocycles. The van der Waals surface area contributed by atoms with Crippen molar-refractivity contribution in [2.45, 2.75) is 13.8 Å². The Labute approximate surface area is 205 Å². The molecule has 13 heteroatoms. The first-order valence-electron chi connectivity index (χ1n) is 10.1. The van der Waals surface area contributed by atoms with Crippen LogP contribution in [0.1, 0.15) is 25.0 Å². The van der Waals surface area contributed by atoms with Gasteiger partial charge in [-0.1, -0.05) is 30.4 Å². The van der Waals surface area contributed by atoms with Gasteiger partial charge in [0, 0.05) is 0 Å². The fraction of sp³-hybridized carbons (Fsp3) is 0.227. The zero-order valence-corrected chi connectivity index (χ0v) is 21.5. The van der Waals surface area contributed by atoms with Crippen LogP contribution in [0, 0.1) is 0 Å². The lowest BCUT2D eigenvalue weighted by Crippen LogP contribution is -2.13. The minimum absolute atomic E-state index is 0.154. The van der Waals surface area contributed by atoms with E-state index in [1.54, 1.807) is 12.1 Å². The smallest absolute Gasteiger partial charge is 0.309 e. The summed E-state index contributed by atoms with van der Waals surface area (Å²) in [6.07, 6.45) is 6.17. The highest BCUT2D eigenvalue weighted by Gasteiger charge is 2.17. The summed E-state index contributed by atoms with van der Waals surface area (Å²) in [7, 11) is -11.5. The standard InChI is InChI=1S/C22H24O10S3/c1-4-34(26,27)30-20-13-8-17(9-14-20)6-11-19(23)12-7-18-10-15-21(32-35(28,29)5-2)22(16-18)31-33(3,24)25/h6-16H,4-5H2,1-3H3/b11-6+,12-7+. The Balaban J connectivity index is 2.15. The van der Waals surface area contributed by atoms with Crippen molar-refractivity contribution in [3.63, 3.8) is 0 Å². The predicted octanol–water partition coefficient (Wildman–Crippen LogP) is 2.78. The Bertz CT molecular complexity index is 1440. The van der Waals surface area contributed by atoms with Crippen molar-refractivity contribution in [3.05, 3.63) is 65.7 Å². The fourth-order valence-corrected chi connectivity index (χ4v) is 3.88. The molecule has 0 aliphatic carbocycles. The molecule has 0 heterocycles. The van der Waals surface area contributed by atoms with Gasteiger partial charge >= 0.3 is 30.4 Å². The first-order chi connectivity index (χ1) is 16.2. The maximum Gasteiger partial charge on any atom is 0.309 e. The SMILES string of the molecule is CCS(=O)(=O)Oc1ccc(/C=C/C(=O)/C=C/c2ccc(OS(=O)(=O)CC)c(OS(C)(=O)=O)c2)cc1. The molecule has 0 spiro atoms. The summed E-state index contributed by atoms with van der Waals surface area (Å²) >= 11 is 0. The number of allylic oxidation sites excluding steroid dienone is 2. The lowest BCUT2D eigenvalue weighted by molar-refractivity contribution is -0.110. The van der Waals surface area contributed by atoms with Gasteiger partial charge < -0.3 is 12.5 Å². The van der Waals surface area contributed by atoms with Gasteiger partial charge in [0.15, 0.2) is 17.3 Å². The molecule has 0 atom stereocenters. The summed E-state index contributed by atoms with van der Waals surface area (Å²) < 4.78 is 84.1. The molecule has 10 nitrogen and oxygen atoms in total. The monoisotopic (exact) mass is 544 g/mol. The molecular weight excluding hydrogens is 520 g/mol. The van der Waals surface area contributed by atoms with E-state index in [1.807, 2.05) is 0 Å². The maximum absolute atomic E-state index is 12.2. The molecule has 0 unspecified atom stereocenters. The highest BCUT2D eigenvalue weighted by Crippen LogP contribution is 2.31. The first-order valence-corrected chi connectivity index (χ1v) is 15.1. The molecule has 0 saturated carbocycles. The predicted molar refractivity (Wildman–Crippen MR) is 132 cm³/mol. The molecular formula is C22H24O10S3. The van der Waals surface area contributed by atoms with Gasteiger partial charge in [0.2, 0.25) is 0 Å². The van der Waals surface area contributed by atoms with E-state index in [-0.39, 0.29) is 28.8 Å². The summed E-state index contributed by atoms with van der Waals surface area (Å²) in [6.45, 7) is 2.83. The average molecular weight is 545 g/mol. The van der Waals surface area contributed by atoms with Crippen LogP contribution in [0.25, 0.3) is 12.2 Å². The van der Waals surface area contributed by atoms with E-state index in [4.69, 9.17) is 12.5 Å². The average Bonchev–Trinajstić information content (AvgIpc) is 2.77. The summed E-state index contributed by atoms with van der Waals surface area (Å²) in [5.74, 6) is -1.39. The van der Waals surface area contributed by atoms with E-state index in [9.17, 15) is 30.0 Å². The fourth-order valence-electron chi connectivity index (χ4n) is 2.37. The first kappa shape index (κ1) is 28.1. The number of ketones is 1. The van der Waals surface area contributed by atoms with Crippen molar-refractivity contribution in [1.29, 1.82) is 0 Å². The second-order valence-electron chi connectivity index (χ2n) is 6.99. The van der Waals surface area contributed by atoms with Gasteiger partial charge in [-0.15, -0.1) is 0 Å². The van der Waals surface area contributed by atoms with E-state index < -0.39 is 36.1 Å². The zero-order chi connectivity index (χ0) is 26.3. The van der Waals surface area contributed by atoms with E-state index >= 15 is 0 Å². The van der Waals surface area contributed by atoms with Crippen molar-refractivity contribution in [3.8, 4) is 17.2 Å². The van der Waals surface area contributed by atoms with Crippen molar-refractivity contribution in [2.24, 2.45) is 0 Å². The van der Waals surface area contributed by atoms with Gasteiger partial charge in [-0.3, -0.25) is 4.79 Å². The van der Waals surface area contributed by atoms with Gasteiger partial charge in [0.1, 0.15) is 5.75 Å². The third-order valence-electron chi connectivity index (χ3n) is 4.12. The molecule has 2 aromatic carbocycles. The minimum atomic E-state index is -3.98. The number of hydrogen-bond acceptors (Lipinski definition) is 10. The van der Waals surface area contributed by atoms with E-state index in [1.165, 1.54) is 68.5 Å². The van der Waals surface area contributed by atoms with Crippen molar-refractivity contribution < 1.29 is 42.6 Å². The van der Waals surface area contributed by atoms with Crippen LogP contribution in [0.4, 0.5) is 0 Å². The van der Waals surface area contributed by atoms with Gasteiger partial charge in [0.25, 0.3) is 0 Å². The van der Waals surface area contributed by atoms with Gasteiger partial charge in [-0.2, -0.15) is 25.3 Å². The van der Waals surface area contributed by atoms with Gasteiger partial charge in [-0.25, -0.2) is 0 Å². The van der Waals surface area contributed by atoms with Crippen LogP contribution in [-0.4, -0.2) is 48.8 Å². The largest absolute Gasteiger partial charge is 0.382 e. The van der Waals surface area contributed by atoms with Crippen LogP contribution in [-0.2, 0) is 35.1 Å². The summed E-state index contributed by atoms with van der Waals surface area (Å²) in [5, 5.41) is 0. The maximum atomic E-state index is 12.2. The van der Waals surface area contributed by atoms with Crippen LogP contribution in [0.2, 0.25) is 0 Å². The number of benzene rings is 2. The molecule has 2 rings (SSSR count). The second kappa shape index (κ2) is 11.5. The van der Waals surface area contributed by atoms with Crippen molar-refractivity contribution >= 4 is 48.3 Å². The molecule has 0 aliphatic rings. The molecule has 0 fully saturated rings. The third-order valence-corrected chi connectivity index (χ3v) is 6.89.